The van der Waals surface area contributed by atoms with Gasteiger partial charge in [-0.2, -0.15) is 4.31 Å². The minimum Gasteiger partial charge on any atom is -0.385 e. The third-order valence-electron chi connectivity index (χ3n) is 5.79. The number of nitrogens with one attached hydrogen (secondary N) is 1. The van der Waals surface area contributed by atoms with E-state index in [2.05, 4.69) is 5.32 Å². The number of amides is 1. The van der Waals surface area contributed by atoms with Crippen molar-refractivity contribution in [2.45, 2.75) is 58.3 Å². The molecule has 0 atom stereocenters. The molecule has 1 amide bonds. The molecule has 0 aliphatic carbocycles. The maximum Gasteiger partial charge on any atom is 0.243 e. The van der Waals surface area contributed by atoms with Crippen LogP contribution in [0.4, 0.5) is 0 Å². The number of unbranched alkanes of at least 4 members (excludes halogenated alkanes) is 1. The van der Waals surface area contributed by atoms with E-state index < -0.39 is 10.0 Å². The molecule has 1 heterocycles. The van der Waals surface area contributed by atoms with E-state index in [1.165, 1.54) is 0 Å². The number of rotatable bonds is 8. The topological polar surface area (TPSA) is 75.7 Å². The molecule has 6 nitrogen and oxygen atoms in total. The second-order valence-electron chi connectivity index (χ2n) is 7.76. The van der Waals surface area contributed by atoms with E-state index in [0.717, 1.165) is 35.1 Å². The number of nitrogens with zero attached hydrogens (tertiary/aromatic N) is 1. The first-order valence-corrected chi connectivity index (χ1v) is 11.5. The van der Waals surface area contributed by atoms with Gasteiger partial charge in [0, 0.05) is 39.3 Å². The minimum atomic E-state index is -3.56. The van der Waals surface area contributed by atoms with Crippen molar-refractivity contribution in [2.75, 3.05) is 33.4 Å². The van der Waals surface area contributed by atoms with Gasteiger partial charge in [-0.15, -0.1) is 0 Å². The SMILES string of the molecule is COCCCCNC(=O)C1CCN(S(=O)(=O)c2c(C)c(C)cc(C)c2C)CC1. The van der Waals surface area contributed by atoms with Gasteiger partial charge in [0.1, 0.15) is 0 Å². The lowest BCUT2D eigenvalue weighted by molar-refractivity contribution is -0.126. The van der Waals surface area contributed by atoms with Crippen LogP contribution in [0.3, 0.4) is 0 Å². The average Bonchev–Trinajstić information content (AvgIpc) is 2.66. The summed E-state index contributed by atoms with van der Waals surface area (Å²) in [6, 6.07) is 2.03. The summed E-state index contributed by atoms with van der Waals surface area (Å²) in [5.74, 6) is -0.0801. The lowest BCUT2D eigenvalue weighted by Gasteiger charge is -2.31. The van der Waals surface area contributed by atoms with Gasteiger partial charge in [0.25, 0.3) is 0 Å². The fraction of sp³-hybridized carbons (Fsp3) is 0.667. The summed E-state index contributed by atoms with van der Waals surface area (Å²) < 4.78 is 33.1. The molecule has 7 heteroatoms. The van der Waals surface area contributed by atoms with Crippen LogP contribution in [0.25, 0.3) is 0 Å². The number of piperidine rings is 1. The Hall–Kier alpha value is -1.44. The summed E-state index contributed by atoms with van der Waals surface area (Å²) in [5, 5.41) is 2.97. The molecule has 0 saturated carbocycles. The first-order valence-electron chi connectivity index (χ1n) is 10.0. The Bertz CT molecular complexity index is 771. The zero-order valence-corrected chi connectivity index (χ0v) is 18.6. The number of sulfonamides is 1. The fourth-order valence-electron chi connectivity index (χ4n) is 3.78. The van der Waals surface area contributed by atoms with Crippen LogP contribution in [-0.4, -0.2) is 52.0 Å². The number of hydrogen-bond acceptors (Lipinski definition) is 4. The van der Waals surface area contributed by atoms with Gasteiger partial charge in [0.2, 0.25) is 15.9 Å². The predicted molar refractivity (Wildman–Crippen MR) is 111 cm³/mol. The monoisotopic (exact) mass is 410 g/mol. The predicted octanol–water partition coefficient (Wildman–Crippen LogP) is 2.86. The summed E-state index contributed by atoms with van der Waals surface area (Å²) in [5.41, 5.74) is 3.62. The summed E-state index contributed by atoms with van der Waals surface area (Å²) in [4.78, 5) is 12.8. The maximum absolute atomic E-state index is 13.3. The molecule has 158 valence electrons. The van der Waals surface area contributed by atoms with Crippen LogP contribution in [0.15, 0.2) is 11.0 Å². The van der Waals surface area contributed by atoms with Crippen molar-refractivity contribution in [3.63, 3.8) is 0 Å². The van der Waals surface area contributed by atoms with Crippen LogP contribution in [0.2, 0.25) is 0 Å². The molecule has 0 bridgehead atoms. The number of carbonyl (C=O) groups excluding carboxylic acids is 1. The standard InChI is InChI=1S/C21H34N2O4S/c1-15-14-16(2)18(4)20(17(15)3)28(25,26)23-11-8-19(9-12-23)21(24)22-10-6-7-13-27-5/h14,19H,6-13H2,1-5H3,(H,22,24). The largest absolute Gasteiger partial charge is 0.385 e. The van der Waals surface area contributed by atoms with Gasteiger partial charge < -0.3 is 10.1 Å². The van der Waals surface area contributed by atoms with Crippen LogP contribution < -0.4 is 5.32 Å². The Morgan fingerprint density at radius 1 is 1.11 bits per heavy atom. The van der Waals surface area contributed by atoms with E-state index in [1.807, 2.05) is 33.8 Å². The third-order valence-corrected chi connectivity index (χ3v) is 7.97. The highest BCUT2D eigenvalue weighted by Gasteiger charge is 2.34. The lowest BCUT2D eigenvalue weighted by atomic mass is 9.97. The van der Waals surface area contributed by atoms with Gasteiger partial charge in [-0.25, -0.2) is 8.42 Å². The van der Waals surface area contributed by atoms with Gasteiger partial charge in [-0.1, -0.05) is 6.07 Å². The molecule has 2 rings (SSSR count). The van der Waals surface area contributed by atoms with E-state index in [9.17, 15) is 13.2 Å². The smallest absolute Gasteiger partial charge is 0.243 e. The highest BCUT2D eigenvalue weighted by molar-refractivity contribution is 7.89. The molecule has 0 spiro atoms. The van der Waals surface area contributed by atoms with Gasteiger partial charge in [0.15, 0.2) is 0 Å². The van der Waals surface area contributed by atoms with Crippen LogP contribution in [0, 0.1) is 33.6 Å². The van der Waals surface area contributed by atoms with E-state index in [-0.39, 0.29) is 11.8 Å². The maximum atomic E-state index is 13.3. The molecule has 28 heavy (non-hydrogen) atoms. The molecule has 0 unspecified atom stereocenters. The Morgan fingerprint density at radius 2 is 1.68 bits per heavy atom. The Kier molecular flexibility index (Phi) is 8.04. The van der Waals surface area contributed by atoms with E-state index in [1.54, 1.807) is 11.4 Å². The van der Waals surface area contributed by atoms with Gasteiger partial charge in [0.05, 0.1) is 4.90 Å². The van der Waals surface area contributed by atoms with Gasteiger partial charge in [-0.3, -0.25) is 4.79 Å². The highest BCUT2D eigenvalue weighted by atomic mass is 32.2. The lowest BCUT2D eigenvalue weighted by Crippen LogP contribution is -2.43. The minimum absolute atomic E-state index is 0.0354. The third kappa shape index (κ3) is 5.13. The Morgan fingerprint density at radius 3 is 2.21 bits per heavy atom. The Labute approximate surface area is 169 Å². The number of ether oxygens (including phenoxy) is 1. The molecular formula is C21H34N2O4S. The first kappa shape index (κ1) is 22.8. The van der Waals surface area contributed by atoms with E-state index >= 15 is 0 Å². The van der Waals surface area contributed by atoms with E-state index in [0.29, 0.717) is 44.0 Å². The van der Waals surface area contributed by atoms with Crippen molar-refractivity contribution in [3.8, 4) is 0 Å². The van der Waals surface area contributed by atoms with Crippen LogP contribution in [-0.2, 0) is 19.6 Å². The van der Waals surface area contributed by atoms with Crippen LogP contribution in [0.5, 0.6) is 0 Å². The molecular weight excluding hydrogens is 376 g/mol. The Balaban J connectivity index is 2.00. The van der Waals surface area contributed by atoms with Crippen molar-refractivity contribution in [1.29, 1.82) is 0 Å². The quantitative estimate of drug-likeness (QED) is 0.669. The van der Waals surface area contributed by atoms with Crippen molar-refractivity contribution in [1.82, 2.24) is 9.62 Å². The molecule has 1 saturated heterocycles. The van der Waals surface area contributed by atoms with Crippen molar-refractivity contribution < 1.29 is 17.9 Å². The van der Waals surface area contributed by atoms with Crippen LogP contribution in [0.1, 0.15) is 47.9 Å². The van der Waals surface area contributed by atoms with Crippen molar-refractivity contribution in [2.24, 2.45) is 5.92 Å². The fourth-order valence-corrected chi connectivity index (χ4v) is 5.83. The normalized spacial score (nSPS) is 16.3. The second-order valence-corrected chi connectivity index (χ2v) is 9.63. The van der Waals surface area contributed by atoms with E-state index in [4.69, 9.17) is 4.74 Å². The molecule has 0 aromatic heterocycles. The van der Waals surface area contributed by atoms with Crippen molar-refractivity contribution >= 4 is 15.9 Å². The molecule has 1 aromatic carbocycles. The summed E-state index contributed by atoms with van der Waals surface area (Å²) >= 11 is 0. The van der Waals surface area contributed by atoms with Gasteiger partial charge >= 0.3 is 0 Å². The average molecular weight is 411 g/mol. The number of methoxy groups -OCH3 is 1. The molecule has 1 aliphatic rings. The summed E-state index contributed by atoms with van der Waals surface area (Å²) in [7, 11) is -1.89. The van der Waals surface area contributed by atoms with Gasteiger partial charge in [-0.05, 0) is 75.6 Å². The summed E-state index contributed by atoms with van der Waals surface area (Å²) in [6.45, 7) is 9.75. The molecule has 0 radical (unpaired) electrons. The first-order chi connectivity index (χ1) is 13.2. The number of carbonyl (C=O) groups is 1. The molecule has 1 aromatic rings. The zero-order chi connectivity index (χ0) is 20.9. The highest BCUT2D eigenvalue weighted by Crippen LogP contribution is 2.31. The summed E-state index contributed by atoms with van der Waals surface area (Å²) in [6.07, 6.45) is 2.93. The van der Waals surface area contributed by atoms with Crippen LogP contribution >= 0.6 is 0 Å². The number of benzene rings is 1. The number of aryl methyl sites for hydroxylation is 2. The molecule has 1 fully saturated rings. The second kappa shape index (κ2) is 9.85. The number of hydrogen-bond donors (Lipinski definition) is 1. The molecule has 1 aliphatic heterocycles. The molecule has 1 N–H and O–H groups in total. The zero-order valence-electron chi connectivity index (χ0n) is 17.8. The van der Waals surface area contributed by atoms with Crippen molar-refractivity contribution in [3.05, 3.63) is 28.3 Å².